The summed E-state index contributed by atoms with van der Waals surface area (Å²) in [6, 6.07) is 15.3. The van der Waals surface area contributed by atoms with Crippen LogP contribution in [0.3, 0.4) is 0 Å². The van der Waals surface area contributed by atoms with E-state index in [0.29, 0.717) is 22.6 Å². The van der Waals surface area contributed by atoms with Gasteiger partial charge in [0.1, 0.15) is 10.6 Å². The molecule has 37 heavy (non-hydrogen) atoms. The molecule has 1 aromatic carbocycles. The van der Waals surface area contributed by atoms with E-state index in [1.54, 1.807) is 42.9 Å². The number of aromatic nitrogens is 4. The van der Waals surface area contributed by atoms with E-state index in [-0.39, 0.29) is 28.2 Å². The van der Waals surface area contributed by atoms with Crippen LogP contribution in [0.2, 0.25) is 5.02 Å². The highest BCUT2D eigenvalue weighted by Crippen LogP contribution is 2.56. The highest BCUT2D eigenvalue weighted by Gasteiger charge is 2.41. The first-order chi connectivity index (χ1) is 17.6. The number of rotatable bonds is 5. The van der Waals surface area contributed by atoms with Crippen LogP contribution in [0.5, 0.6) is 0 Å². The Morgan fingerprint density at radius 2 is 1.89 bits per heavy atom. The molecule has 186 valence electrons. The third kappa shape index (κ3) is 4.66. The van der Waals surface area contributed by atoms with Crippen LogP contribution in [0.1, 0.15) is 65.9 Å². The summed E-state index contributed by atoms with van der Waals surface area (Å²) in [7, 11) is 0. The van der Waals surface area contributed by atoms with E-state index >= 15 is 0 Å². The van der Waals surface area contributed by atoms with Gasteiger partial charge in [-0.05, 0) is 93.0 Å². The number of hydrogen-bond donors (Lipinski definition) is 1. The molecule has 0 unspecified atom stereocenters. The van der Waals surface area contributed by atoms with E-state index in [4.69, 9.17) is 11.6 Å². The van der Waals surface area contributed by atoms with Crippen LogP contribution in [-0.4, -0.2) is 24.6 Å². The van der Waals surface area contributed by atoms with E-state index in [9.17, 15) is 15.2 Å². The van der Waals surface area contributed by atoms with Crippen LogP contribution in [0.25, 0.3) is 17.1 Å². The molecule has 1 N–H and O–H groups in total. The third-order valence-electron chi connectivity index (χ3n) is 6.78. The number of halogens is 1. The monoisotopic (exact) mass is 511 g/mol. The summed E-state index contributed by atoms with van der Waals surface area (Å²) in [5.74, 6) is 0.657. The first kappa shape index (κ1) is 24.8. The van der Waals surface area contributed by atoms with Crippen LogP contribution >= 0.6 is 11.6 Å². The van der Waals surface area contributed by atoms with Crippen LogP contribution in [-0.2, 0) is 5.60 Å². The van der Waals surface area contributed by atoms with Crippen LogP contribution in [0.4, 0.5) is 0 Å². The van der Waals surface area contributed by atoms with Crippen molar-refractivity contribution < 1.29 is 5.11 Å². The summed E-state index contributed by atoms with van der Waals surface area (Å²) in [5, 5.41) is 19.7. The van der Waals surface area contributed by atoms with Gasteiger partial charge >= 0.3 is 0 Å². The third-order valence-corrected chi connectivity index (χ3v) is 7.16. The summed E-state index contributed by atoms with van der Waals surface area (Å²) in [6.45, 7) is 7.03. The second kappa shape index (κ2) is 9.22. The second-order valence-corrected chi connectivity index (χ2v) is 10.4. The minimum atomic E-state index is -1.20. The molecular formula is C29H26ClN5O2. The fourth-order valence-corrected chi connectivity index (χ4v) is 5.02. The van der Waals surface area contributed by atoms with E-state index in [2.05, 4.69) is 21.0 Å². The Morgan fingerprint density at radius 3 is 2.62 bits per heavy atom. The zero-order valence-electron chi connectivity index (χ0n) is 21.0. The number of hydrogen-bond acceptors (Lipinski definition) is 6. The minimum absolute atomic E-state index is 0.137. The number of aliphatic hydroxyl groups is 1. The van der Waals surface area contributed by atoms with E-state index in [1.165, 1.54) is 0 Å². The zero-order chi connectivity index (χ0) is 26.5. The van der Waals surface area contributed by atoms with E-state index in [1.807, 2.05) is 44.2 Å². The molecule has 1 saturated carbocycles. The Labute approximate surface area is 220 Å². The van der Waals surface area contributed by atoms with Gasteiger partial charge in [0.05, 0.1) is 28.7 Å². The molecule has 7 nitrogen and oxygen atoms in total. The van der Waals surface area contributed by atoms with Crippen molar-refractivity contribution in [2.24, 2.45) is 0 Å². The Morgan fingerprint density at radius 1 is 1.11 bits per heavy atom. The molecule has 4 aromatic rings. The molecule has 5 rings (SSSR count). The molecule has 3 aromatic heterocycles. The van der Waals surface area contributed by atoms with Crippen LogP contribution in [0.15, 0.2) is 59.7 Å². The lowest BCUT2D eigenvalue weighted by Gasteiger charge is -2.17. The van der Waals surface area contributed by atoms with Gasteiger partial charge < -0.3 is 5.11 Å². The van der Waals surface area contributed by atoms with Crippen molar-refractivity contribution in [1.29, 1.82) is 5.26 Å². The largest absolute Gasteiger partial charge is 0.382 e. The first-order valence-corrected chi connectivity index (χ1v) is 12.4. The van der Waals surface area contributed by atoms with Crippen molar-refractivity contribution in [3.05, 3.63) is 104 Å². The SMILES string of the molecule is Cc1cnc(-c2ccnc(C(C)(C)O)n2)cc1-n1c(C)cc([C@H]2C[C@@H]2c2cccc(C#N)c2)c(Cl)c1=O. The van der Waals surface area contributed by atoms with Crippen molar-refractivity contribution in [3.8, 4) is 23.1 Å². The van der Waals surface area contributed by atoms with Gasteiger partial charge in [-0.1, -0.05) is 23.7 Å². The van der Waals surface area contributed by atoms with Crippen molar-refractivity contribution in [2.75, 3.05) is 0 Å². The maximum atomic E-state index is 13.6. The summed E-state index contributed by atoms with van der Waals surface area (Å²) >= 11 is 6.70. The van der Waals surface area contributed by atoms with Gasteiger partial charge in [-0.3, -0.25) is 14.3 Å². The number of benzene rings is 1. The maximum Gasteiger partial charge on any atom is 0.274 e. The summed E-state index contributed by atoms with van der Waals surface area (Å²) in [4.78, 5) is 26.7. The van der Waals surface area contributed by atoms with Gasteiger partial charge in [0.15, 0.2) is 5.82 Å². The molecule has 0 spiro atoms. The summed E-state index contributed by atoms with van der Waals surface area (Å²) in [5.41, 5.74) is 4.42. The molecule has 1 aliphatic rings. The van der Waals surface area contributed by atoms with Gasteiger partial charge in [0.25, 0.3) is 5.56 Å². The molecule has 0 amide bonds. The molecule has 1 fully saturated rings. The van der Waals surface area contributed by atoms with Crippen molar-refractivity contribution >= 4 is 11.6 Å². The lowest BCUT2D eigenvalue weighted by molar-refractivity contribution is 0.0688. The lowest BCUT2D eigenvalue weighted by Crippen LogP contribution is -2.23. The molecule has 0 aliphatic heterocycles. The number of aryl methyl sites for hydroxylation is 2. The van der Waals surface area contributed by atoms with Crippen molar-refractivity contribution in [3.63, 3.8) is 0 Å². The second-order valence-electron chi connectivity index (χ2n) is 10.1. The van der Waals surface area contributed by atoms with Gasteiger partial charge in [-0.25, -0.2) is 9.97 Å². The topological polar surface area (TPSA) is 105 Å². The molecule has 2 atom stereocenters. The Hall–Kier alpha value is -3.86. The molecule has 0 bridgehead atoms. The van der Waals surface area contributed by atoms with Crippen molar-refractivity contribution in [2.45, 2.75) is 51.6 Å². The smallest absolute Gasteiger partial charge is 0.274 e. The van der Waals surface area contributed by atoms with Gasteiger partial charge in [-0.15, -0.1) is 0 Å². The Bertz CT molecular complexity index is 1630. The Kier molecular flexibility index (Phi) is 6.18. The van der Waals surface area contributed by atoms with Crippen LogP contribution in [0, 0.1) is 25.2 Å². The number of pyridine rings is 2. The number of nitriles is 1. The molecule has 0 saturated heterocycles. The van der Waals surface area contributed by atoms with Gasteiger partial charge in [0, 0.05) is 18.1 Å². The average molecular weight is 512 g/mol. The summed E-state index contributed by atoms with van der Waals surface area (Å²) in [6.07, 6.45) is 4.16. The molecule has 1 aliphatic carbocycles. The fourth-order valence-electron chi connectivity index (χ4n) is 4.74. The standard InChI is InChI=1S/C29H26ClN5O2/c1-16-15-33-24(23-8-9-32-28(34-23)29(3,4)37)13-25(16)35-17(2)10-22(26(30)27(35)36)21-12-20(21)19-7-5-6-18(11-19)14-31/h5-11,13,15,20-21,37H,12H2,1-4H3/t20-,21+/m1/s1. The lowest BCUT2D eigenvalue weighted by atomic mass is 10.0. The normalized spacial score (nSPS) is 16.9. The molecular weight excluding hydrogens is 486 g/mol. The molecule has 8 heteroatoms. The molecule has 0 radical (unpaired) electrons. The van der Waals surface area contributed by atoms with Gasteiger partial charge in [-0.2, -0.15) is 5.26 Å². The Balaban J connectivity index is 1.53. The predicted molar refractivity (Wildman–Crippen MR) is 142 cm³/mol. The minimum Gasteiger partial charge on any atom is -0.382 e. The quantitative estimate of drug-likeness (QED) is 0.388. The molecule has 3 heterocycles. The number of nitrogens with zero attached hydrogens (tertiary/aromatic N) is 5. The first-order valence-electron chi connectivity index (χ1n) is 12.0. The average Bonchev–Trinajstić information content (AvgIpc) is 3.68. The zero-order valence-corrected chi connectivity index (χ0v) is 21.8. The van der Waals surface area contributed by atoms with Crippen LogP contribution < -0.4 is 5.56 Å². The van der Waals surface area contributed by atoms with E-state index < -0.39 is 5.60 Å². The highest BCUT2D eigenvalue weighted by molar-refractivity contribution is 6.31. The summed E-state index contributed by atoms with van der Waals surface area (Å²) < 4.78 is 1.61. The van der Waals surface area contributed by atoms with E-state index in [0.717, 1.165) is 28.8 Å². The highest BCUT2D eigenvalue weighted by atomic mass is 35.5. The van der Waals surface area contributed by atoms with Gasteiger partial charge in [0.2, 0.25) is 0 Å². The maximum absolute atomic E-state index is 13.6. The predicted octanol–water partition coefficient (Wildman–Crippen LogP) is 5.33. The fraction of sp³-hybridized carbons (Fsp3) is 0.276. The van der Waals surface area contributed by atoms with Crippen molar-refractivity contribution in [1.82, 2.24) is 19.5 Å².